The number of nitriles is 1. The molecule has 0 saturated carbocycles. The van der Waals surface area contributed by atoms with Crippen LogP contribution < -0.4 is 16.6 Å². The SMILES string of the molecule is CC(C)c1nc(NN)cc(Nc2cccc(F)c2C#N)n1. The minimum Gasteiger partial charge on any atom is -0.339 e. The zero-order chi connectivity index (χ0) is 15.4. The predicted molar refractivity (Wildman–Crippen MR) is 78.3 cm³/mol. The highest BCUT2D eigenvalue weighted by Crippen LogP contribution is 2.24. The van der Waals surface area contributed by atoms with Gasteiger partial charge >= 0.3 is 0 Å². The Morgan fingerprint density at radius 2 is 2.00 bits per heavy atom. The van der Waals surface area contributed by atoms with Gasteiger partial charge in [-0.15, -0.1) is 0 Å². The van der Waals surface area contributed by atoms with Crippen molar-refractivity contribution >= 4 is 17.3 Å². The standard InChI is InChI=1S/C14H15FN6/c1-8(2)14-19-12(6-13(20-14)21-17)18-11-5-3-4-10(15)9(11)7-16/h3-6,8H,17H2,1-2H3,(H2,18,19,20,21). The monoisotopic (exact) mass is 286 g/mol. The summed E-state index contributed by atoms with van der Waals surface area (Å²) in [6.07, 6.45) is 0. The number of halogens is 1. The molecule has 4 N–H and O–H groups in total. The normalized spacial score (nSPS) is 10.3. The molecule has 0 aliphatic carbocycles. The van der Waals surface area contributed by atoms with Crippen molar-refractivity contribution in [2.75, 3.05) is 10.7 Å². The number of aromatic nitrogens is 2. The lowest BCUT2D eigenvalue weighted by atomic mass is 10.2. The van der Waals surface area contributed by atoms with E-state index in [0.29, 0.717) is 23.1 Å². The van der Waals surface area contributed by atoms with E-state index in [0.717, 1.165) is 0 Å². The number of hydrazine groups is 1. The van der Waals surface area contributed by atoms with Crippen LogP contribution in [0.5, 0.6) is 0 Å². The van der Waals surface area contributed by atoms with E-state index in [1.165, 1.54) is 12.1 Å². The lowest BCUT2D eigenvalue weighted by Gasteiger charge is -2.12. The second-order valence-corrected chi connectivity index (χ2v) is 4.69. The Labute approximate surface area is 121 Å². The summed E-state index contributed by atoms with van der Waals surface area (Å²) in [4.78, 5) is 8.56. The van der Waals surface area contributed by atoms with Crippen molar-refractivity contribution in [2.24, 2.45) is 5.84 Å². The summed E-state index contributed by atoms with van der Waals surface area (Å²) in [5.41, 5.74) is 2.73. The average Bonchev–Trinajstić information content (AvgIpc) is 2.47. The molecule has 1 aromatic carbocycles. The zero-order valence-electron chi connectivity index (χ0n) is 11.7. The molecule has 0 amide bonds. The molecule has 0 unspecified atom stereocenters. The second kappa shape index (κ2) is 6.15. The number of hydrogen-bond donors (Lipinski definition) is 3. The van der Waals surface area contributed by atoms with Gasteiger partial charge in [0, 0.05) is 12.0 Å². The molecule has 1 heterocycles. The van der Waals surface area contributed by atoms with Crippen LogP contribution in [-0.4, -0.2) is 9.97 Å². The number of rotatable bonds is 4. The molecule has 0 saturated heterocycles. The molecule has 7 heteroatoms. The predicted octanol–water partition coefficient (Wildman–Crippen LogP) is 2.64. The Balaban J connectivity index is 2.42. The summed E-state index contributed by atoms with van der Waals surface area (Å²) in [6.45, 7) is 3.89. The number of nitrogens with two attached hydrogens (primary N) is 1. The Bertz CT molecular complexity index is 692. The van der Waals surface area contributed by atoms with Crippen molar-refractivity contribution in [3.8, 4) is 6.07 Å². The van der Waals surface area contributed by atoms with Gasteiger partial charge < -0.3 is 10.7 Å². The van der Waals surface area contributed by atoms with Gasteiger partial charge in [0.05, 0.1) is 5.69 Å². The molecule has 0 fully saturated rings. The van der Waals surface area contributed by atoms with Crippen LogP contribution in [0.2, 0.25) is 0 Å². The van der Waals surface area contributed by atoms with Crippen LogP contribution in [-0.2, 0) is 0 Å². The fourth-order valence-corrected chi connectivity index (χ4v) is 1.74. The van der Waals surface area contributed by atoms with Crippen LogP contribution in [0.25, 0.3) is 0 Å². The molecule has 0 radical (unpaired) electrons. The third-order valence-corrected chi connectivity index (χ3v) is 2.80. The van der Waals surface area contributed by atoms with E-state index < -0.39 is 5.82 Å². The maximum absolute atomic E-state index is 13.6. The fourth-order valence-electron chi connectivity index (χ4n) is 1.74. The van der Waals surface area contributed by atoms with Gasteiger partial charge in [0.1, 0.15) is 34.9 Å². The molecule has 6 nitrogen and oxygen atoms in total. The Morgan fingerprint density at radius 1 is 1.29 bits per heavy atom. The van der Waals surface area contributed by atoms with Crippen LogP contribution in [0.15, 0.2) is 24.3 Å². The molecule has 0 atom stereocenters. The van der Waals surface area contributed by atoms with Crippen LogP contribution in [0.4, 0.5) is 21.7 Å². The maximum atomic E-state index is 13.6. The lowest BCUT2D eigenvalue weighted by Crippen LogP contribution is -2.12. The minimum absolute atomic E-state index is 0.0653. The largest absolute Gasteiger partial charge is 0.339 e. The van der Waals surface area contributed by atoms with Crippen molar-refractivity contribution in [2.45, 2.75) is 19.8 Å². The summed E-state index contributed by atoms with van der Waals surface area (Å²) >= 11 is 0. The summed E-state index contributed by atoms with van der Waals surface area (Å²) < 4.78 is 13.6. The minimum atomic E-state index is -0.585. The highest BCUT2D eigenvalue weighted by atomic mass is 19.1. The third-order valence-electron chi connectivity index (χ3n) is 2.80. The summed E-state index contributed by atoms with van der Waals surface area (Å²) in [7, 11) is 0. The number of nitrogens with one attached hydrogen (secondary N) is 2. The van der Waals surface area contributed by atoms with Gasteiger partial charge in [-0.05, 0) is 12.1 Å². The van der Waals surface area contributed by atoms with E-state index in [4.69, 9.17) is 11.1 Å². The Morgan fingerprint density at radius 3 is 2.62 bits per heavy atom. The molecule has 0 aliphatic rings. The van der Waals surface area contributed by atoms with Gasteiger partial charge in [-0.3, -0.25) is 0 Å². The highest BCUT2D eigenvalue weighted by molar-refractivity contribution is 5.66. The maximum Gasteiger partial charge on any atom is 0.145 e. The molecule has 0 aliphatic heterocycles. The molecule has 2 rings (SSSR count). The second-order valence-electron chi connectivity index (χ2n) is 4.69. The van der Waals surface area contributed by atoms with E-state index in [1.807, 2.05) is 19.9 Å². The summed E-state index contributed by atoms with van der Waals surface area (Å²) in [5.74, 6) is 6.35. The average molecular weight is 286 g/mol. The van der Waals surface area contributed by atoms with Crippen LogP contribution >= 0.6 is 0 Å². The van der Waals surface area contributed by atoms with Crippen molar-refractivity contribution in [3.63, 3.8) is 0 Å². The van der Waals surface area contributed by atoms with Crippen molar-refractivity contribution < 1.29 is 4.39 Å². The van der Waals surface area contributed by atoms with Crippen LogP contribution in [0.3, 0.4) is 0 Å². The molecule has 108 valence electrons. The van der Waals surface area contributed by atoms with Crippen molar-refractivity contribution in [1.82, 2.24) is 9.97 Å². The third kappa shape index (κ3) is 3.24. The first-order valence-electron chi connectivity index (χ1n) is 6.36. The van der Waals surface area contributed by atoms with Crippen molar-refractivity contribution in [1.29, 1.82) is 5.26 Å². The fraction of sp³-hybridized carbons (Fsp3) is 0.214. The lowest BCUT2D eigenvalue weighted by molar-refractivity contribution is 0.624. The molecular weight excluding hydrogens is 271 g/mol. The molecule has 0 spiro atoms. The number of anilines is 3. The van der Waals surface area contributed by atoms with Crippen LogP contribution in [0, 0.1) is 17.1 Å². The van der Waals surface area contributed by atoms with Gasteiger partial charge in [0.15, 0.2) is 0 Å². The quantitative estimate of drug-likeness (QED) is 0.590. The smallest absolute Gasteiger partial charge is 0.145 e. The van der Waals surface area contributed by atoms with E-state index >= 15 is 0 Å². The molecule has 2 aromatic rings. The first-order valence-corrected chi connectivity index (χ1v) is 6.36. The summed E-state index contributed by atoms with van der Waals surface area (Å²) in [5, 5.41) is 12.0. The Kier molecular flexibility index (Phi) is 4.30. The number of hydrogen-bond acceptors (Lipinski definition) is 6. The van der Waals surface area contributed by atoms with Gasteiger partial charge in [-0.1, -0.05) is 19.9 Å². The molecule has 21 heavy (non-hydrogen) atoms. The molecular formula is C14H15FN6. The van der Waals surface area contributed by atoms with Gasteiger partial charge in [0.2, 0.25) is 0 Å². The Hall–Kier alpha value is -2.72. The van der Waals surface area contributed by atoms with Crippen LogP contribution in [0.1, 0.15) is 31.2 Å². The molecule has 1 aromatic heterocycles. The first-order chi connectivity index (χ1) is 10.0. The topological polar surface area (TPSA) is 99.6 Å². The first kappa shape index (κ1) is 14.7. The van der Waals surface area contributed by atoms with E-state index in [-0.39, 0.29) is 11.5 Å². The summed E-state index contributed by atoms with van der Waals surface area (Å²) in [6, 6.07) is 7.77. The van der Waals surface area contributed by atoms with E-state index in [1.54, 1.807) is 12.1 Å². The zero-order valence-corrected chi connectivity index (χ0v) is 11.7. The van der Waals surface area contributed by atoms with Gasteiger partial charge in [0.25, 0.3) is 0 Å². The number of nitrogen functional groups attached to an aromatic ring is 1. The number of nitrogens with zero attached hydrogens (tertiary/aromatic N) is 3. The van der Waals surface area contributed by atoms with E-state index in [2.05, 4.69) is 20.7 Å². The van der Waals surface area contributed by atoms with Gasteiger partial charge in [-0.25, -0.2) is 20.2 Å². The highest BCUT2D eigenvalue weighted by Gasteiger charge is 2.11. The van der Waals surface area contributed by atoms with Crippen molar-refractivity contribution in [3.05, 3.63) is 41.5 Å². The van der Waals surface area contributed by atoms with Gasteiger partial charge in [-0.2, -0.15) is 5.26 Å². The molecule has 0 bridgehead atoms. The number of benzene rings is 1. The van der Waals surface area contributed by atoms with E-state index in [9.17, 15) is 4.39 Å².